The van der Waals surface area contributed by atoms with Crippen LogP contribution in [0.25, 0.3) is 16.9 Å². The minimum atomic E-state index is -4.79. The van der Waals surface area contributed by atoms with E-state index in [1.165, 1.54) is 7.11 Å². The summed E-state index contributed by atoms with van der Waals surface area (Å²) in [6.07, 6.45) is 1.05. The molecule has 0 aliphatic carbocycles. The SMILES string of the molecule is C#CC(C)(CC)NC(=O)c1nn2c(C(F)(F)F)cc(-c3ccccc3OC)nc2c1Cl. The molecular formula is C21H18ClF3N4O2. The van der Waals surface area contributed by atoms with Gasteiger partial charge in [0.2, 0.25) is 0 Å². The summed E-state index contributed by atoms with van der Waals surface area (Å²) in [6, 6.07) is 7.30. The molecule has 31 heavy (non-hydrogen) atoms. The predicted octanol–water partition coefficient (Wildman–Crippen LogP) is 4.61. The molecule has 0 aliphatic heterocycles. The third-order valence-corrected chi connectivity index (χ3v) is 5.18. The number of para-hydroxylation sites is 1. The van der Waals surface area contributed by atoms with Gasteiger partial charge in [0.15, 0.2) is 17.0 Å². The van der Waals surface area contributed by atoms with Crippen LogP contribution >= 0.6 is 11.6 Å². The van der Waals surface area contributed by atoms with Gasteiger partial charge in [0, 0.05) is 5.56 Å². The Labute approximate surface area is 181 Å². The Morgan fingerprint density at radius 2 is 2.03 bits per heavy atom. The fourth-order valence-corrected chi connectivity index (χ4v) is 3.12. The summed E-state index contributed by atoms with van der Waals surface area (Å²) in [5.74, 6) is 1.97. The number of terminal acetylenes is 1. The molecule has 0 saturated carbocycles. The zero-order chi connectivity index (χ0) is 23.0. The first-order chi connectivity index (χ1) is 14.5. The minimum Gasteiger partial charge on any atom is -0.496 e. The number of nitrogens with zero attached hydrogens (tertiary/aromatic N) is 3. The standard InChI is InChI=1S/C21H18ClF3N4O2/c1-5-20(3,6-2)27-19(30)17-16(22)18-26-13(12-9-7-8-10-14(12)31-4)11-15(21(23,24)25)29(18)28-17/h1,7-11H,6H2,2-4H3,(H,27,30). The van der Waals surface area contributed by atoms with Gasteiger partial charge in [-0.1, -0.05) is 36.6 Å². The predicted molar refractivity (Wildman–Crippen MR) is 110 cm³/mol. The molecule has 0 bridgehead atoms. The maximum absolute atomic E-state index is 13.8. The van der Waals surface area contributed by atoms with E-state index < -0.39 is 29.0 Å². The highest BCUT2D eigenvalue weighted by Gasteiger charge is 2.37. The first-order valence-electron chi connectivity index (χ1n) is 9.14. The van der Waals surface area contributed by atoms with Gasteiger partial charge >= 0.3 is 6.18 Å². The molecule has 0 saturated heterocycles. The Balaban J connectivity index is 2.24. The Kier molecular flexibility index (Phi) is 5.87. The topological polar surface area (TPSA) is 68.5 Å². The van der Waals surface area contributed by atoms with E-state index in [4.69, 9.17) is 22.8 Å². The monoisotopic (exact) mass is 450 g/mol. The average Bonchev–Trinajstić information content (AvgIpc) is 3.08. The first-order valence-corrected chi connectivity index (χ1v) is 9.52. The first kappa shape index (κ1) is 22.4. The van der Waals surface area contributed by atoms with Crippen LogP contribution in [0, 0.1) is 12.3 Å². The molecule has 162 valence electrons. The highest BCUT2D eigenvalue weighted by molar-refractivity contribution is 6.36. The zero-order valence-corrected chi connectivity index (χ0v) is 17.6. The molecular weight excluding hydrogens is 433 g/mol. The van der Waals surface area contributed by atoms with E-state index in [1.807, 2.05) is 0 Å². The minimum absolute atomic E-state index is 0.0342. The fraction of sp³-hybridized carbons (Fsp3) is 0.286. The molecule has 10 heteroatoms. The Morgan fingerprint density at radius 3 is 2.61 bits per heavy atom. The number of hydrogen-bond acceptors (Lipinski definition) is 4. The van der Waals surface area contributed by atoms with E-state index in [9.17, 15) is 18.0 Å². The summed E-state index contributed by atoms with van der Waals surface area (Å²) in [4.78, 5) is 16.9. The number of hydrogen-bond donors (Lipinski definition) is 1. The molecule has 0 spiro atoms. The summed E-state index contributed by atoms with van der Waals surface area (Å²) in [5, 5.41) is 6.04. The van der Waals surface area contributed by atoms with Crippen LogP contribution in [0.4, 0.5) is 13.2 Å². The van der Waals surface area contributed by atoms with Crippen molar-refractivity contribution < 1.29 is 22.7 Å². The second-order valence-corrected chi connectivity index (χ2v) is 7.28. The molecule has 1 amide bonds. The van der Waals surface area contributed by atoms with Crippen molar-refractivity contribution in [2.45, 2.75) is 32.0 Å². The van der Waals surface area contributed by atoms with Crippen molar-refractivity contribution >= 4 is 23.2 Å². The number of nitrogens with one attached hydrogen (secondary N) is 1. The van der Waals surface area contributed by atoms with E-state index in [-0.39, 0.29) is 16.4 Å². The number of fused-ring (bicyclic) bond motifs is 1. The number of benzene rings is 1. The smallest absolute Gasteiger partial charge is 0.433 e. The van der Waals surface area contributed by atoms with Crippen molar-refractivity contribution in [1.29, 1.82) is 0 Å². The van der Waals surface area contributed by atoms with Gasteiger partial charge in [-0.2, -0.15) is 18.3 Å². The molecule has 0 fully saturated rings. The van der Waals surface area contributed by atoms with Crippen LogP contribution in [-0.4, -0.2) is 33.2 Å². The molecule has 0 radical (unpaired) electrons. The van der Waals surface area contributed by atoms with Crippen LogP contribution in [0.2, 0.25) is 5.02 Å². The van der Waals surface area contributed by atoms with Gasteiger partial charge in [-0.25, -0.2) is 9.50 Å². The van der Waals surface area contributed by atoms with Crippen LogP contribution < -0.4 is 10.1 Å². The summed E-state index contributed by atoms with van der Waals surface area (Å²) in [7, 11) is 1.40. The Morgan fingerprint density at radius 1 is 1.35 bits per heavy atom. The quantitative estimate of drug-likeness (QED) is 0.576. The van der Waals surface area contributed by atoms with E-state index in [0.29, 0.717) is 22.2 Å². The lowest BCUT2D eigenvalue weighted by Crippen LogP contribution is -2.44. The average molecular weight is 451 g/mol. The van der Waals surface area contributed by atoms with Crippen molar-refractivity contribution in [1.82, 2.24) is 19.9 Å². The van der Waals surface area contributed by atoms with Crippen LogP contribution in [0.3, 0.4) is 0 Å². The summed E-state index contributed by atoms with van der Waals surface area (Å²) < 4.78 is 47.2. The molecule has 2 heterocycles. The maximum Gasteiger partial charge on any atom is 0.433 e. The zero-order valence-electron chi connectivity index (χ0n) is 16.8. The maximum atomic E-state index is 13.8. The van der Waals surface area contributed by atoms with E-state index in [2.05, 4.69) is 21.3 Å². The lowest BCUT2D eigenvalue weighted by atomic mass is 10.0. The van der Waals surface area contributed by atoms with Gasteiger partial charge in [-0.15, -0.1) is 6.42 Å². The van der Waals surface area contributed by atoms with Crippen molar-refractivity contribution in [3.05, 3.63) is 46.7 Å². The highest BCUT2D eigenvalue weighted by atomic mass is 35.5. The molecule has 1 atom stereocenters. The lowest BCUT2D eigenvalue weighted by molar-refractivity contribution is -0.142. The van der Waals surface area contributed by atoms with Crippen molar-refractivity contribution in [3.8, 4) is 29.4 Å². The van der Waals surface area contributed by atoms with E-state index >= 15 is 0 Å². The van der Waals surface area contributed by atoms with Crippen LogP contribution in [-0.2, 0) is 6.18 Å². The van der Waals surface area contributed by atoms with Crippen molar-refractivity contribution in [3.63, 3.8) is 0 Å². The van der Waals surface area contributed by atoms with E-state index in [1.54, 1.807) is 38.1 Å². The van der Waals surface area contributed by atoms with Crippen LogP contribution in [0.1, 0.15) is 36.5 Å². The van der Waals surface area contributed by atoms with Gasteiger partial charge in [-0.05, 0) is 31.5 Å². The molecule has 3 aromatic rings. The Hall–Kier alpha value is -3.25. The normalized spacial score (nSPS) is 13.5. The van der Waals surface area contributed by atoms with Crippen LogP contribution in [0.15, 0.2) is 30.3 Å². The summed E-state index contributed by atoms with van der Waals surface area (Å²) in [6.45, 7) is 3.36. The third kappa shape index (κ3) is 4.16. The number of aromatic nitrogens is 3. The van der Waals surface area contributed by atoms with Crippen molar-refractivity contribution in [2.75, 3.05) is 7.11 Å². The van der Waals surface area contributed by atoms with Gasteiger partial charge in [0.1, 0.15) is 10.8 Å². The molecule has 3 rings (SSSR count). The molecule has 1 aromatic carbocycles. The number of amides is 1. The number of rotatable bonds is 5. The molecule has 0 aliphatic rings. The fourth-order valence-electron chi connectivity index (χ4n) is 2.87. The molecule has 6 nitrogen and oxygen atoms in total. The number of ether oxygens (including phenoxy) is 1. The molecule has 1 unspecified atom stereocenters. The van der Waals surface area contributed by atoms with Gasteiger partial charge < -0.3 is 10.1 Å². The van der Waals surface area contributed by atoms with Crippen LogP contribution in [0.5, 0.6) is 5.75 Å². The van der Waals surface area contributed by atoms with Gasteiger partial charge in [0.25, 0.3) is 5.91 Å². The molecule has 1 N–H and O–H groups in total. The number of carbonyl (C=O) groups is 1. The van der Waals surface area contributed by atoms with Gasteiger partial charge in [0.05, 0.1) is 18.3 Å². The third-order valence-electron chi connectivity index (χ3n) is 4.84. The highest BCUT2D eigenvalue weighted by Crippen LogP contribution is 2.36. The van der Waals surface area contributed by atoms with E-state index in [0.717, 1.165) is 6.07 Å². The Bertz CT molecular complexity index is 1200. The van der Waals surface area contributed by atoms with Gasteiger partial charge in [-0.3, -0.25) is 4.79 Å². The summed E-state index contributed by atoms with van der Waals surface area (Å²) >= 11 is 6.27. The number of alkyl halides is 3. The lowest BCUT2D eigenvalue weighted by Gasteiger charge is -2.22. The second kappa shape index (κ2) is 8.12. The number of halogens is 4. The second-order valence-electron chi connectivity index (χ2n) is 6.91. The number of carbonyl (C=O) groups excluding carboxylic acids is 1. The summed E-state index contributed by atoms with van der Waals surface area (Å²) in [5.41, 5.74) is -2.60. The van der Waals surface area contributed by atoms with Crippen molar-refractivity contribution in [2.24, 2.45) is 0 Å². The molecule has 2 aromatic heterocycles. The number of methoxy groups -OCH3 is 1. The largest absolute Gasteiger partial charge is 0.496 e.